The third-order valence-corrected chi connectivity index (χ3v) is 3.01. The van der Waals surface area contributed by atoms with Crippen LogP contribution in [0.5, 0.6) is 0 Å². The van der Waals surface area contributed by atoms with E-state index in [-0.39, 0.29) is 0 Å². The smallest absolute Gasteiger partial charge is 0.0675 e. The summed E-state index contributed by atoms with van der Waals surface area (Å²) in [4.78, 5) is 0. The van der Waals surface area contributed by atoms with Gasteiger partial charge < -0.3 is 5.32 Å². The van der Waals surface area contributed by atoms with Crippen molar-refractivity contribution in [3.05, 3.63) is 46.2 Å². The van der Waals surface area contributed by atoms with Crippen molar-refractivity contribution in [3.8, 4) is 5.69 Å². The van der Waals surface area contributed by atoms with E-state index in [4.69, 9.17) is 11.6 Å². The van der Waals surface area contributed by atoms with Crippen LogP contribution in [0.25, 0.3) is 5.69 Å². The lowest BCUT2D eigenvalue weighted by atomic mass is 10.2. The molecule has 0 spiro atoms. The van der Waals surface area contributed by atoms with Gasteiger partial charge in [-0.05, 0) is 44.7 Å². The van der Waals surface area contributed by atoms with Crippen molar-refractivity contribution in [2.24, 2.45) is 0 Å². The van der Waals surface area contributed by atoms with E-state index in [1.165, 1.54) is 5.56 Å². The molecule has 0 aliphatic rings. The zero-order valence-corrected chi connectivity index (χ0v) is 11.0. The molecular formula is C13H16ClN3. The van der Waals surface area contributed by atoms with E-state index in [1.54, 1.807) is 0 Å². The Labute approximate surface area is 106 Å². The molecule has 1 aromatic carbocycles. The lowest BCUT2D eigenvalue weighted by molar-refractivity contribution is 0.812. The van der Waals surface area contributed by atoms with Crippen molar-refractivity contribution in [3.63, 3.8) is 0 Å². The largest absolute Gasteiger partial charge is 0.316 e. The van der Waals surface area contributed by atoms with Crippen LogP contribution < -0.4 is 5.32 Å². The average molecular weight is 250 g/mol. The van der Waals surface area contributed by atoms with E-state index in [0.717, 1.165) is 28.5 Å². The minimum Gasteiger partial charge on any atom is -0.316 e. The maximum Gasteiger partial charge on any atom is 0.0675 e. The summed E-state index contributed by atoms with van der Waals surface area (Å²) in [6.07, 6.45) is 2.06. The molecule has 0 unspecified atom stereocenters. The molecule has 0 saturated carbocycles. The zero-order chi connectivity index (χ0) is 12.4. The molecule has 0 saturated heterocycles. The van der Waals surface area contributed by atoms with Crippen LogP contribution in [0, 0.1) is 13.8 Å². The van der Waals surface area contributed by atoms with E-state index < -0.39 is 0 Å². The fraction of sp³-hybridized carbons (Fsp3) is 0.308. The minimum absolute atomic E-state index is 0.755. The quantitative estimate of drug-likeness (QED) is 0.907. The van der Waals surface area contributed by atoms with Gasteiger partial charge in [0.2, 0.25) is 0 Å². The Hall–Kier alpha value is -1.32. The molecule has 0 radical (unpaired) electrons. The first-order valence-electron chi connectivity index (χ1n) is 5.58. The summed E-state index contributed by atoms with van der Waals surface area (Å²) in [5, 5.41) is 8.42. The van der Waals surface area contributed by atoms with Gasteiger partial charge in [-0.3, -0.25) is 0 Å². The van der Waals surface area contributed by atoms with Crippen LogP contribution in [0.1, 0.15) is 16.8 Å². The number of hydrogen-bond acceptors (Lipinski definition) is 2. The van der Waals surface area contributed by atoms with Crippen molar-refractivity contribution in [2.45, 2.75) is 20.4 Å². The normalized spacial score (nSPS) is 10.8. The molecule has 1 N–H and O–H groups in total. The van der Waals surface area contributed by atoms with Gasteiger partial charge in [0.1, 0.15) is 0 Å². The summed E-state index contributed by atoms with van der Waals surface area (Å²) in [6.45, 7) is 4.89. The van der Waals surface area contributed by atoms with Gasteiger partial charge >= 0.3 is 0 Å². The van der Waals surface area contributed by atoms with E-state index >= 15 is 0 Å². The second-order valence-corrected chi connectivity index (χ2v) is 4.58. The van der Waals surface area contributed by atoms with Crippen molar-refractivity contribution in [2.75, 3.05) is 7.05 Å². The van der Waals surface area contributed by atoms with Crippen LogP contribution in [0.2, 0.25) is 5.02 Å². The Morgan fingerprint density at radius 1 is 1.35 bits per heavy atom. The molecule has 0 amide bonds. The lowest BCUT2D eigenvalue weighted by Crippen LogP contribution is -2.05. The van der Waals surface area contributed by atoms with Gasteiger partial charge in [-0.1, -0.05) is 11.6 Å². The fourth-order valence-corrected chi connectivity index (χ4v) is 2.09. The number of aryl methyl sites for hydroxylation is 2. The molecule has 0 aliphatic carbocycles. The van der Waals surface area contributed by atoms with Crippen molar-refractivity contribution < 1.29 is 0 Å². The zero-order valence-electron chi connectivity index (χ0n) is 10.3. The van der Waals surface area contributed by atoms with E-state index in [1.807, 2.05) is 43.8 Å². The number of hydrogen-bond donors (Lipinski definition) is 1. The molecule has 90 valence electrons. The summed E-state index contributed by atoms with van der Waals surface area (Å²) >= 11 is 5.95. The van der Waals surface area contributed by atoms with Crippen LogP contribution in [-0.4, -0.2) is 16.8 Å². The Kier molecular flexibility index (Phi) is 3.50. The maximum atomic E-state index is 5.95. The molecule has 0 aliphatic heterocycles. The third kappa shape index (κ3) is 2.51. The maximum absolute atomic E-state index is 5.95. The minimum atomic E-state index is 0.755. The summed E-state index contributed by atoms with van der Waals surface area (Å²) < 4.78 is 1.91. The average Bonchev–Trinajstić information content (AvgIpc) is 2.60. The molecule has 3 nitrogen and oxygen atoms in total. The second kappa shape index (κ2) is 4.90. The number of aromatic nitrogens is 2. The molecule has 0 atom stereocenters. The molecular weight excluding hydrogens is 234 g/mol. The van der Waals surface area contributed by atoms with E-state index in [9.17, 15) is 0 Å². The number of halogens is 1. The number of nitrogens with zero attached hydrogens (tertiary/aromatic N) is 2. The number of nitrogens with one attached hydrogen (secondary N) is 1. The first-order valence-corrected chi connectivity index (χ1v) is 5.96. The fourth-order valence-electron chi connectivity index (χ4n) is 1.86. The molecule has 2 rings (SSSR count). The Morgan fingerprint density at radius 3 is 2.76 bits per heavy atom. The standard InChI is InChI=1S/C13H16ClN3/c1-9-6-12(14)4-5-13(9)17-8-11(7-15-3)10(2)16-17/h4-6,8,15H,7H2,1-3H3. The van der Waals surface area contributed by atoms with Crippen LogP contribution in [0.15, 0.2) is 24.4 Å². The van der Waals surface area contributed by atoms with Crippen molar-refractivity contribution in [1.29, 1.82) is 0 Å². The van der Waals surface area contributed by atoms with Crippen LogP contribution in [-0.2, 0) is 6.54 Å². The Morgan fingerprint density at radius 2 is 2.12 bits per heavy atom. The summed E-state index contributed by atoms with van der Waals surface area (Å²) in [7, 11) is 1.93. The Bertz CT molecular complexity index is 531. The first kappa shape index (κ1) is 12.1. The topological polar surface area (TPSA) is 29.9 Å². The van der Waals surface area contributed by atoms with E-state index in [2.05, 4.69) is 16.6 Å². The Balaban J connectivity index is 2.42. The SMILES string of the molecule is CNCc1cn(-c2ccc(Cl)cc2C)nc1C. The van der Waals surface area contributed by atoms with Gasteiger partial charge in [0, 0.05) is 23.3 Å². The number of rotatable bonds is 3. The van der Waals surface area contributed by atoms with Gasteiger partial charge in [0.05, 0.1) is 11.4 Å². The van der Waals surface area contributed by atoms with Gasteiger partial charge in [-0.2, -0.15) is 5.10 Å². The van der Waals surface area contributed by atoms with Crippen LogP contribution in [0.3, 0.4) is 0 Å². The van der Waals surface area contributed by atoms with Gasteiger partial charge in [-0.15, -0.1) is 0 Å². The number of benzene rings is 1. The highest BCUT2D eigenvalue weighted by molar-refractivity contribution is 6.30. The third-order valence-electron chi connectivity index (χ3n) is 2.77. The molecule has 2 aromatic rings. The molecule has 0 bridgehead atoms. The summed E-state index contributed by atoms with van der Waals surface area (Å²) in [5.74, 6) is 0. The highest BCUT2D eigenvalue weighted by Gasteiger charge is 2.07. The highest BCUT2D eigenvalue weighted by atomic mass is 35.5. The van der Waals surface area contributed by atoms with Crippen LogP contribution in [0.4, 0.5) is 0 Å². The van der Waals surface area contributed by atoms with Gasteiger partial charge in [0.15, 0.2) is 0 Å². The second-order valence-electron chi connectivity index (χ2n) is 4.15. The predicted octanol–water partition coefficient (Wildman–Crippen LogP) is 2.86. The molecule has 17 heavy (non-hydrogen) atoms. The van der Waals surface area contributed by atoms with Crippen molar-refractivity contribution >= 4 is 11.6 Å². The monoisotopic (exact) mass is 249 g/mol. The molecule has 1 aromatic heterocycles. The highest BCUT2D eigenvalue weighted by Crippen LogP contribution is 2.19. The van der Waals surface area contributed by atoms with E-state index in [0.29, 0.717) is 0 Å². The van der Waals surface area contributed by atoms with Crippen LogP contribution >= 0.6 is 11.6 Å². The first-order chi connectivity index (χ1) is 8.11. The summed E-state index contributed by atoms with van der Waals surface area (Å²) in [6, 6.07) is 5.83. The van der Waals surface area contributed by atoms with Crippen molar-refractivity contribution in [1.82, 2.24) is 15.1 Å². The lowest BCUT2D eigenvalue weighted by Gasteiger charge is -2.05. The van der Waals surface area contributed by atoms with Gasteiger partial charge in [0.25, 0.3) is 0 Å². The molecule has 1 heterocycles. The molecule has 0 fully saturated rings. The predicted molar refractivity (Wildman–Crippen MR) is 70.8 cm³/mol. The summed E-state index contributed by atoms with van der Waals surface area (Å²) in [5.41, 5.74) is 4.45. The van der Waals surface area contributed by atoms with Gasteiger partial charge in [-0.25, -0.2) is 4.68 Å². The molecule has 4 heteroatoms.